The maximum absolute atomic E-state index is 12.2. The molecule has 0 bridgehead atoms. The van der Waals surface area contributed by atoms with Gasteiger partial charge in [0, 0.05) is 32.2 Å². The van der Waals surface area contributed by atoms with Gasteiger partial charge in [-0.3, -0.25) is 19.4 Å². The van der Waals surface area contributed by atoms with Crippen LogP contribution in [0.2, 0.25) is 5.02 Å². The highest BCUT2D eigenvalue weighted by atomic mass is 35.5. The summed E-state index contributed by atoms with van der Waals surface area (Å²) in [6.45, 7) is 8.03. The second kappa shape index (κ2) is 10.5. The number of piperazine rings is 1. The Hall–Kier alpha value is -1.63. The van der Waals surface area contributed by atoms with Gasteiger partial charge < -0.3 is 10.6 Å². The molecule has 0 aromatic heterocycles. The minimum absolute atomic E-state index is 0.0716. The molecule has 26 heavy (non-hydrogen) atoms. The van der Waals surface area contributed by atoms with Crippen LogP contribution in [-0.2, 0) is 9.59 Å². The zero-order valence-electron chi connectivity index (χ0n) is 15.6. The fraction of sp³-hybridized carbons (Fsp3) is 0.579. The molecule has 1 atom stereocenters. The summed E-state index contributed by atoms with van der Waals surface area (Å²) in [5.41, 5.74) is 0.635. The predicted molar refractivity (Wildman–Crippen MR) is 105 cm³/mol. The Morgan fingerprint density at radius 2 is 1.65 bits per heavy atom. The molecule has 1 aromatic carbocycles. The van der Waals surface area contributed by atoms with E-state index in [1.807, 2.05) is 19.1 Å². The molecule has 1 aliphatic heterocycles. The van der Waals surface area contributed by atoms with Crippen molar-refractivity contribution >= 4 is 29.1 Å². The van der Waals surface area contributed by atoms with Gasteiger partial charge in [-0.2, -0.15) is 0 Å². The molecule has 2 N–H and O–H groups in total. The van der Waals surface area contributed by atoms with Crippen LogP contribution < -0.4 is 10.6 Å². The summed E-state index contributed by atoms with van der Waals surface area (Å²) in [6, 6.07) is 7.43. The lowest BCUT2D eigenvalue weighted by Crippen LogP contribution is -2.51. The number of para-hydroxylation sites is 1. The number of carbonyl (C=O) groups is 2. The zero-order chi connectivity index (χ0) is 18.9. The van der Waals surface area contributed by atoms with Gasteiger partial charge in [-0.1, -0.05) is 37.1 Å². The van der Waals surface area contributed by atoms with Crippen molar-refractivity contribution in [3.8, 4) is 0 Å². The van der Waals surface area contributed by atoms with Crippen LogP contribution in [0.5, 0.6) is 0 Å². The third kappa shape index (κ3) is 6.94. The summed E-state index contributed by atoms with van der Waals surface area (Å²) >= 11 is 6.06. The van der Waals surface area contributed by atoms with Gasteiger partial charge >= 0.3 is 0 Å². The van der Waals surface area contributed by atoms with Gasteiger partial charge in [-0.05, 0) is 25.5 Å². The molecule has 1 aromatic rings. The average molecular weight is 381 g/mol. The molecule has 1 saturated heterocycles. The van der Waals surface area contributed by atoms with Crippen LogP contribution in [0.25, 0.3) is 0 Å². The number of nitrogens with one attached hydrogen (secondary N) is 2. The van der Waals surface area contributed by atoms with Crippen LogP contribution in [0.4, 0.5) is 5.69 Å². The Bertz CT molecular complexity index is 603. The molecule has 0 radical (unpaired) electrons. The van der Waals surface area contributed by atoms with E-state index in [0.29, 0.717) is 23.8 Å². The van der Waals surface area contributed by atoms with E-state index in [-0.39, 0.29) is 17.9 Å². The third-order valence-corrected chi connectivity index (χ3v) is 4.81. The number of rotatable bonds is 8. The summed E-state index contributed by atoms with van der Waals surface area (Å²) in [6.07, 6.45) is 2.07. The van der Waals surface area contributed by atoms with E-state index in [1.54, 1.807) is 12.1 Å². The van der Waals surface area contributed by atoms with Crippen LogP contribution in [0, 0.1) is 0 Å². The van der Waals surface area contributed by atoms with Crippen molar-refractivity contribution in [2.75, 3.05) is 44.6 Å². The summed E-state index contributed by atoms with van der Waals surface area (Å²) < 4.78 is 0. The summed E-state index contributed by atoms with van der Waals surface area (Å²) in [4.78, 5) is 28.5. The summed E-state index contributed by atoms with van der Waals surface area (Å²) in [5, 5.41) is 6.41. The monoisotopic (exact) mass is 380 g/mol. The van der Waals surface area contributed by atoms with Gasteiger partial charge in [0.05, 0.1) is 23.8 Å². The van der Waals surface area contributed by atoms with Crippen molar-refractivity contribution in [3.05, 3.63) is 29.3 Å². The first kappa shape index (κ1) is 20.7. The molecule has 7 heteroatoms. The van der Waals surface area contributed by atoms with Gasteiger partial charge in [0.2, 0.25) is 11.8 Å². The number of benzene rings is 1. The number of nitrogens with zero attached hydrogens (tertiary/aromatic N) is 2. The predicted octanol–water partition coefficient (Wildman–Crippen LogP) is 2.20. The van der Waals surface area contributed by atoms with E-state index in [4.69, 9.17) is 11.6 Å². The van der Waals surface area contributed by atoms with E-state index in [1.165, 1.54) is 0 Å². The van der Waals surface area contributed by atoms with E-state index >= 15 is 0 Å². The van der Waals surface area contributed by atoms with Crippen LogP contribution >= 0.6 is 11.6 Å². The van der Waals surface area contributed by atoms with Gasteiger partial charge in [0.25, 0.3) is 0 Å². The molecule has 0 spiro atoms. The summed E-state index contributed by atoms with van der Waals surface area (Å²) in [7, 11) is 0. The molecule has 1 heterocycles. The minimum atomic E-state index is -0.0716. The van der Waals surface area contributed by atoms with E-state index in [0.717, 1.165) is 39.0 Å². The van der Waals surface area contributed by atoms with Crippen molar-refractivity contribution in [1.82, 2.24) is 15.1 Å². The van der Waals surface area contributed by atoms with Crippen LogP contribution in [0.1, 0.15) is 26.7 Å². The van der Waals surface area contributed by atoms with Crippen molar-refractivity contribution in [1.29, 1.82) is 0 Å². The van der Waals surface area contributed by atoms with Crippen molar-refractivity contribution in [2.45, 2.75) is 32.7 Å². The Kier molecular flexibility index (Phi) is 8.35. The largest absolute Gasteiger partial charge is 0.353 e. The number of amides is 2. The second-order valence-corrected chi connectivity index (χ2v) is 7.24. The van der Waals surface area contributed by atoms with Gasteiger partial charge in [0.1, 0.15) is 0 Å². The fourth-order valence-corrected chi connectivity index (χ4v) is 3.27. The van der Waals surface area contributed by atoms with Gasteiger partial charge in [-0.15, -0.1) is 0 Å². The highest BCUT2D eigenvalue weighted by Gasteiger charge is 2.21. The zero-order valence-corrected chi connectivity index (χ0v) is 16.4. The average Bonchev–Trinajstić information content (AvgIpc) is 2.59. The molecule has 1 fully saturated rings. The van der Waals surface area contributed by atoms with Crippen LogP contribution in [-0.4, -0.2) is 66.9 Å². The molecule has 0 unspecified atom stereocenters. The molecule has 1 aliphatic rings. The topological polar surface area (TPSA) is 64.7 Å². The Balaban J connectivity index is 1.69. The Labute approximate surface area is 160 Å². The summed E-state index contributed by atoms with van der Waals surface area (Å²) in [5.74, 6) is 0.00791. The van der Waals surface area contributed by atoms with E-state index in [9.17, 15) is 9.59 Å². The Morgan fingerprint density at radius 3 is 2.23 bits per heavy atom. The molecule has 0 saturated carbocycles. The third-order valence-electron chi connectivity index (χ3n) is 4.48. The molecular formula is C19H29ClN4O2. The van der Waals surface area contributed by atoms with E-state index in [2.05, 4.69) is 27.4 Å². The molecule has 2 amide bonds. The van der Waals surface area contributed by atoms with E-state index < -0.39 is 0 Å². The lowest BCUT2D eigenvalue weighted by molar-refractivity contribution is -0.124. The second-order valence-electron chi connectivity index (χ2n) is 6.84. The molecule has 0 aliphatic carbocycles. The van der Waals surface area contributed by atoms with Crippen molar-refractivity contribution < 1.29 is 9.59 Å². The molecule has 6 nitrogen and oxygen atoms in total. The first-order valence-electron chi connectivity index (χ1n) is 9.26. The quantitative estimate of drug-likeness (QED) is 0.725. The lowest BCUT2D eigenvalue weighted by Gasteiger charge is -2.34. The highest BCUT2D eigenvalue weighted by Crippen LogP contribution is 2.20. The first-order chi connectivity index (χ1) is 12.5. The molecule has 2 rings (SSSR count). The number of anilines is 1. The maximum Gasteiger partial charge on any atom is 0.238 e. The SMILES string of the molecule is CCC[C@@H](C)NC(=O)CN1CCN(CC(=O)Nc2ccccc2Cl)CC1. The molecule has 144 valence electrons. The number of hydrogen-bond acceptors (Lipinski definition) is 4. The van der Waals surface area contributed by atoms with Crippen LogP contribution in [0.15, 0.2) is 24.3 Å². The fourth-order valence-electron chi connectivity index (χ4n) is 3.09. The van der Waals surface area contributed by atoms with Crippen molar-refractivity contribution in [3.63, 3.8) is 0 Å². The van der Waals surface area contributed by atoms with Crippen molar-refractivity contribution in [2.24, 2.45) is 0 Å². The Morgan fingerprint density at radius 1 is 1.08 bits per heavy atom. The first-order valence-corrected chi connectivity index (χ1v) is 9.64. The highest BCUT2D eigenvalue weighted by molar-refractivity contribution is 6.33. The standard InChI is InChI=1S/C19H29ClN4O2/c1-3-6-15(2)21-18(25)13-23-9-11-24(12-10-23)14-19(26)22-17-8-5-4-7-16(17)20/h4-5,7-8,15H,3,6,9-14H2,1-2H3,(H,21,25)(H,22,26)/t15-/m1/s1. The maximum atomic E-state index is 12.2. The number of halogens is 1. The van der Waals surface area contributed by atoms with Gasteiger partial charge in [-0.25, -0.2) is 0 Å². The number of carbonyl (C=O) groups excluding carboxylic acids is 2. The lowest BCUT2D eigenvalue weighted by atomic mass is 10.2. The number of hydrogen-bond donors (Lipinski definition) is 2. The molecular weight excluding hydrogens is 352 g/mol. The normalized spacial score (nSPS) is 16.9. The van der Waals surface area contributed by atoms with Gasteiger partial charge in [0.15, 0.2) is 0 Å². The smallest absolute Gasteiger partial charge is 0.238 e. The van der Waals surface area contributed by atoms with Crippen LogP contribution in [0.3, 0.4) is 0 Å². The minimum Gasteiger partial charge on any atom is -0.353 e.